The summed E-state index contributed by atoms with van der Waals surface area (Å²) in [4.78, 5) is 21.6. The smallest absolute Gasteiger partial charge is 0.252 e. The summed E-state index contributed by atoms with van der Waals surface area (Å²) in [6, 6.07) is 13.3. The lowest BCUT2D eigenvalue weighted by molar-refractivity contribution is 0.0935. The number of likely N-dealkylation sites (N-methyl/N-ethyl adjacent to an activating group) is 1. The van der Waals surface area contributed by atoms with E-state index in [0.29, 0.717) is 17.0 Å². The molecule has 1 aliphatic rings. The third kappa shape index (κ3) is 4.92. The second kappa shape index (κ2) is 9.28. The number of piperazine rings is 1. The molecule has 1 fully saturated rings. The summed E-state index contributed by atoms with van der Waals surface area (Å²) in [5.74, 6) is 1.48. The fraction of sp³-hybridized carbons (Fsp3) is 0.348. The van der Waals surface area contributed by atoms with Gasteiger partial charge in [-0.2, -0.15) is 0 Å². The quantitative estimate of drug-likeness (QED) is 0.593. The third-order valence-corrected chi connectivity index (χ3v) is 5.57. The van der Waals surface area contributed by atoms with Crippen LogP contribution in [-0.4, -0.2) is 67.4 Å². The topological polar surface area (TPSA) is 86.5 Å². The second-order valence-corrected chi connectivity index (χ2v) is 7.84. The van der Waals surface area contributed by atoms with Gasteiger partial charge >= 0.3 is 0 Å². The first kappa shape index (κ1) is 21.0. The van der Waals surface area contributed by atoms with Crippen molar-refractivity contribution in [3.05, 3.63) is 54.2 Å². The van der Waals surface area contributed by atoms with Crippen LogP contribution in [0.25, 0.3) is 22.6 Å². The van der Waals surface area contributed by atoms with Gasteiger partial charge in [0.25, 0.3) is 5.91 Å². The maximum Gasteiger partial charge on any atom is 0.252 e. The number of nitrogens with one attached hydrogen (secondary N) is 2. The molecule has 1 aliphatic heterocycles. The molecule has 1 amide bonds. The molecular weight excluding hydrogens is 392 g/mol. The number of benzene rings is 1. The van der Waals surface area contributed by atoms with Crippen LogP contribution in [0.5, 0.6) is 0 Å². The average Bonchev–Trinajstić information content (AvgIpc) is 3.30. The minimum atomic E-state index is -0.142. The number of carbonyl (C=O) groups excluding carboxylic acids is 1. The standard InChI is InChI=1S/C23H28N6O2/c1-16(24-2)26-23(30)18-6-4-5-17(13-18)20-14-21(31-27-20)19-7-8-22(25-15-19)29-11-9-28(3)10-12-29/h4-8,13-16,24H,9-12H2,1-3H3,(H,26,30). The number of hydrogen-bond donors (Lipinski definition) is 2. The highest BCUT2D eigenvalue weighted by atomic mass is 16.5. The highest BCUT2D eigenvalue weighted by molar-refractivity contribution is 5.95. The average molecular weight is 421 g/mol. The minimum Gasteiger partial charge on any atom is -0.356 e. The first-order chi connectivity index (χ1) is 15.0. The first-order valence-corrected chi connectivity index (χ1v) is 10.5. The maximum atomic E-state index is 12.4. The Morgan fingerprint density at radius 2 is 1.90 bits per heavy atom. The Balaban J connectivity index is 1.48. The fourth-order valence-electron chi connectivity index (χ4n) is 3.47. The van der Waals surface area contributed by atoms with Crippen molar-refractivity contribution >= 4 is 11.7 Å². The number of carbonyl (C=O) groups is 1. The van der Waals surface area contributed by atoms with Crippen LogP contribution < -0.4 is 15.5 Å². The highest BCUT2D eigenvalue weighted by Crippen LogP contribution is 2.27. The van der Waals surface area contributed by atoms with Gasteiger partial charge in [-0.3, -0.25) is 4.79 Å². The maximum absolute atomic E-state index is 12.4. The van der Waals surface area contributed by atoms with Gasteiger partial charge in [-0.25, -0.2) is 4.98 Å². The molecule has 162 valence electrons. The molecule has 2 N–H and O–H groups in total. The zero-order chi connectivity index (χ0) is 21.8. The highest BCUT2D eigenvalue weighted by Gasteiger charge is 2.16. The number of aromatic nitrogens is 2. The van der Waals surface area contributed by atoms with Crippen molar-refractivity contribution in [2.24, 2.45) is 0 Å². The first-order valence-electron chi connectivity index (χ1n) is 10.5. The summed E-state index contributed by atoms with van der Waals surface area (Å²) in [6.45, 7) is 5.92. The largest absolute Gasteiger partial charge is 0.356 e. The van der Waals surface area contributed by atoms with E-state index in [2.05, 4.69) is 37.6 Å². The molecule has 0 spiro atoms. The summed E-state index contributed by atoms with van der Waals surface area (Å²) in [5.41, 5.74) is 2.94. The molecule has 2 aromatic heterocycles. The van der Waals surface area contributed by atoms with Gasteiger partial charge in [-0.05, 0) is 45.3 Å². The van der Waals surface area contributed by atoms with E-state index < -0.39 is 0 Å². The van der Waals surface area contributed by atoms with Crippen molar-refractivity contribution < 1.29 is 9.32 Å². The molecule has 3 heterocycles. The van der Waals surface area contributed by atoms with Crippen molar-refractivity contribution in [2.75, 3.05) is 45.2 Å². The fourth-order valence-corrected chi connectivity index (χ4v) is 3.47. The van der Waals surface area contributed by atoms with Crippen LogP contribution in [0, 0.1) is 0 Å². The molecule has 0 aliphatic carbocycles. The Morgan fingerprint density at radius 3 is 2.61 bits per heavy atom. The Hall–Kier alpha value is -3.23. The summed E-state index contributed by atoms with van der Waals surface area (Å²) >= 11 is 0. The normalized spacial score (nSPS) is 15.6. The van der Waals surface area contributed by atoms with Gasteiger partial charge in [0.2, 0.25) is 0 Å². The number of pyridine rings is 1. The van der Waals surface area contributed by atoms with Gasteiger partial charge in [0.1, 0.15) is 11.5 Å². The van der Waals surface area contributed by atoms with Crippen LogP contribution in [0.3, 0.4) is 0 Å². The van der Waals surface area contributed by atoms with Crippen LogP contribution in [0.15, 0.2) is 53.2 Å². The van der Waals surface area contributed by atoms with Gasteiger partial charge in [-0.15, -0.1) is 0 Å². The Kier molecular flexibility index (Phi) is 6.29. The van der Waals surface area contributed by atoms with Crippen LogP contribution in [-0.2, 0) is 0 Å². The summed E-state index contributed by atoms with van der Waals surface area (Å²) in [7, 11) is 3.94. The van der Waals surface area contributed by atoms with E-state index in [4.69, 9.17) is 4.52 Å². The number of rotatable bonds is 6. The van der Waals surface area contributed by atoms with Crippen molar-refractivity contribution in [2.45, 2.75) is 13.1 Å². The lowest BCUT2D eigenvalue weighted by atomic mass is 10.1. The van der Waals surface area contributed by atoms with Gasteiger partial charge < -0.3 is 25.0 Å². The molecule has 1 unspecified atom stereocenters. The lowest BCUT2D eigenvalue weighted by Crippen LogP contribution is -2.44. The Bertz CT molecular complexity index is 1020. The van der Waals surface area contributed by atoms with Crippen molar-refractivity contribution in [1.29, 1.82) is 0 Å². The molecule has 4 rings (SSSR count). The summed E-state index contributed by atoms with van der Waals surface area (Å²) in [5, 5.41) is 10.1. The molecule has 1 saturated heterocycles. The van der Waals surface area contributed by atoms with E-state index in [1.807, 2.05) is 49.5 Å². The molecule has 8 heteroatoms. The summed E-state index contributed by atoms with van der Waals surface area (Å²) < 4.78 is 5.57. The summed E-state index contributed by atoms with van der Waals surface area (Å²) in [6.07, 6.45) is 1.71. The molecule has 8 nitrogen and oxygen atoms in total. The molecule has 3 aromatic rings. The lowest BCUT2D eigenvalue weighted by Gasteiger charge is -2.33. The van der Waals surface area contributed by atoms with Gasteiger partial charge in [0.05, 0.1) is 6.17 Å². The van der Waals surface area contributed by atoms with Crippen molar-refractivity contribution in [3.63, 3.8) is 0 Å². The number of amides is 1. The third-order valence-electron chi connectivity index (χ3n) is 5.57. The van der Waals surface area contributed by atoms with Crippen LogP contribution in [0.2, 0.25) is 0 Å². The van der Waals surface area contributed by atoms with Gasteiger partial charge in [0, 0.05) is 55.1 Å². The number of hydrogen-bond acceptors (Lipinski definition) is 7. The molecule has 0 bridgehead atoms. The monoisotopic (exact) mass is 420 g/mol. The van der Waals surface area contributed by atoms with Gasteiger partial charge in [-0.1, -0.05) is 17.3 Å². The van der Waals surface area contributed by atoms with Crippen LogP contribution >= 0.6 is 0 Å². The zero-order valence-electron chi connectivity index (χ0n) is 18.1. The van der Waals surface area contributed by atoms with E-state index in [0.717, 1.165) is 43.1 Å². The van der Waals surface area contributed by atoms with Gasteiger partial charge in [0.15, 0.2) is 5.76 Å². The van der Waals surface area contributed by atoms with Crippen LogP contribution in [0.1, 0.15) is 17.3 Å². The van der Waals surface area contributed by atoms with E-state index in [1.165, 1.54) is 0 Å². The predicted molar refractivity (Wildman–Crippen MR) is 121 cm³/mol. The zero-order valence-corrected chi connectivity index (χ0v) is 18.1. The van der Waals surface area contributed by atoms with Crippen molar-refractivity contribution in [3.8, 4) is 22.6 Å². The Labute approximate surface area is 182 Å². The van der Waals surface area contributed by atoms with Crippen LogP contribution in [0.4, 0.5) is 5.82 Å². The SMILES string of the molecule is CNC(C)NC(=O)c1cccc(-c2cc(-c3ccc(N4CCN(C)CC4)nc3)on2)c1. The second-order valence-electron chi connectivity index (χ2n) is 7.84. The number of anilines is 1. The molecule has 1 aromatic carbocycles. The molecular formula is C23H28N6O2. The van der Waals surface area contributed by atoms with E-state index >= 15 is 0 Å². The van der Waals surface area contributed by atoms with E-state index in [-0.39, 0.29) is 12.1 Å². The van der Waals surface area contributed by atoms with E-state index in [1.54, 1.807) is 13.1 Å². The predicted octanol–water partition coefficient (Wildman–Crippen LogP) is 2.45. The molecule has 1 atom stereocenters. The molecule has 0 saturated carbocycles. The molecule has 0 radical (unpaired) electrons. The van der Waals surface area contributed by atoms with E-state index in [9.17, 15) is 4.79 Å². The molecule has 31 heavy (non-hydrogen) atoms. The van der Waals surface area contributed by atoms with Crippen molar-refractivity contribution in [1.82, 2.24) is 25.7 Å². The number of nitrogens with zero attached hydrogens (tertiary/aromatic N) is 4. The Morgan fingerprint density at radius 1 is 1.10 bits per heavy atom. The minimum absolute atomic E-state index is 0.115.